The highest BCUT2D eigenvalue weighted by atomic mass is 32.1. The van der Waals surface area contributed by atoms with Crippen LogP contribution in [0.1, 0.15) is 48.4 Å². The lowest BCUT2D eigenvalue weighted by Gasteiger charge is -1.98. The Hall–Kier alpha value is -1.23. The number of aromatic nitrogens is 3. The average molecular weight is 251 g/mol. The molecule has 0 fully saturated rings. The molecule has 0 aromatic carbocycles. The molecule has 0 saturated heterocycles. The Morgan fingerprint density at radius 1 is 1.47 bits per heavy atom. The second-order valence-corrected chi connectivity index (χ2v) is 5.64. The van der Waals surface area contributed by atoms with Crippen LogP contribution < -0.4 is 0 Å². The molecule has 2 heterocycles. The monoisotopic (exact) mass is 251 g/mol. The highest BCUT2D eigenvalue weighted by molar-refractivity contribution is 7.16. The van der Waals surface area contributed by atoms with Crippen molar-refractivity contribution in [2.45, 2.75) is 40.0 Å². The van der Waals surface area contributed by atoms with Gasteiger partial charge in [0.25, 0.3) is 0 Å². The van der Waals surface area contributed by atoms with E-state index >= 15 is 0 Å². The lowest BCUT2D eigenvalue weighted by atomic mass is 10.1. The first-order valence-electron chi connectivity index (χ1n) is 5.98. The molecule has 0 N–H and O–H groups in total. The standard InChI is InChI=1S/C12H17N3OS/c1-4-5-9-10(7-16)15-12(13-9)17-11(14-15)6-8(2)3/h7-8H,4-6H2,1-3H3. The molecule has 0 amide bonds. The third kappa shape index (κ3) is 2.39. The second kappa shape index (κ2) is 4.96. The van der Waals surface area contributed by atoms with Gasteiger partial charge in [0.2, 0.25) is 4.96 Å². The molecule has 0 bridgehead atoms. The SMILES string of the molecule is CCCc1nc2sc(CC(C)C)nn2c1C=O. The number of carbonyl (C=O) groups is 1. The summed E-state index contributed by atoms with van der Waals surface area (Å²) in [4.78, 5) is 16.4. The fourth-order valence-corrected chi connectivity index (χ4v) is 2.95. The van der Waals surface area contributed by atoms with Crippen molar-refractivity contribution in [3.63, 3.8) is 0 Å². The first-order chi connectivity index (χ1) is 8.15. The largest absolute Gasteiger partial charge is 0.296 e. The summed E-state index contributed by atoms with van der Waals surface area (Å²) < 4.78 is 1.69. The predicted molar refractivity (Wildman–Crippen MR) is 68.8 cm³/mol. The minimum absolute atomic E-state index is 0.570. The van der Waals surface area contributed by atoms with Gasteiger partial charge in [-0.15, -0.1) is 0 Å². The van der Waals surface area contributed by atoms with Crippen molar-refractivity contribution in [1.82, 2.24) is 14.6 Å². The molecule has 0 radical (unpaired) electrons. The molecule has 0 aliphatic heterocycles. The number of hydrogen-bond acceptors (Lipinski definition) is 4. The predicted octanol–water partition coefficient (Wildman–Crippen LogP) is 2.75. The summed E-state index contributed by atoms with van der Waals surface area (Å²) in [5.74, 6) is 0.570. The van der Waals surface area contributed by atoms with E-state index in [0.717, 1.165) is 41.2 Å². The first kappa shape index (κ1) is 12.2. The zero-order valence-corrected chi connectivity index (χ0v) is 11.3. The number of hydrogen-bond donors (Lipinski definition) is 0. The Bertz CT molecular complexity index is 527. The zero-order chi connectivity index (χ0) is 12.4. The Labute approximate surface area is 105 Å². The van der Waals surface area contributed by atoms with Gasteiger partial charge in [0.15, 0.2) is 6.29 Å². The van der Waals surface area contributed by atoms with Crippen molar-refractivity contribution in [3.05, 3.63) is 16.4 Å². The third-order valence-electron chi connectivity index (χ3n) is 2.54. The van der Waals surface area contributed by atoms with E-state index in [1.165, 1.54) is 0 Å². The molecular weight excluding hydrogens is 234 g/mol. The number of aldehydes is 1. The van der Waals surface area contributed by atoms with E-state index < -0.39 is 0 Å². The summed E-state index contributed by atoms with van der Waals surface area (Å²) in [6, 6.07) is 0. The van der Waals surface area contributed by atoms with E-state index in [0.29, 0.717) is 11.6 Å². The normalized spacial score (nSPS) is 11.5. The third-order valence-corrected chi connectivity index (χ3v) is 3.47. The topological polar surface area (TPSA) is 47.3 Å². The van der Waals surface area contributed by atoms with Crippen LogP contribution in [0.25, 0.3) is 4.96 Å². The number of aryl methyl sites for hydroxylation is 1. The molecule has 0 aliphatic rings. The van der Waals surface area contributed by atoms with Gasteiger partial charge in [-0.05, 0) is 12.3 Å². The molecule has 2 aromatic rings. The van der Waals surface area contributed by atoms with Gasteiger partial charge in [0, 0.05) is 6.42 Å². The van der Waals surface area contributed by atoms with Gasteiger partial charge in [0.05, 0.1) is 5.69 Å². The van der Waals surface area contributed by atoms with Gasteiger partial charge in [-0.1, -0.05) is 38.5 Å². The number of carbonyl (C=O) groups excluding carboxylic acids is 1. The summed E-state index contributed by atoms with van der Waals surface area (Å²) >= 11 is 1.58. The zero-order valence-electron chi connectivity index (χ0n) is 10.4. The lowest BCUT2D eigenvalue weighted by Crippen LogP contribution is -1.99. The van der Waals surface area contributed by atoms with Gasteiger partial charge in [-0.3, -0.25) is 4.79 Å². The van der Waals surface area contributed by atoms with E-state index in [9.17, 15) is 4.79 Å². The summed E-state index contributed by atoms with van der Waals surface area (Å²) in [6.07, 6.45) is 3.63. The van der Waals surface area contributed by atoms with E-state index in [4.69, 9.17) is 0 Å². The minimum Gasteiger partial charge on any atom is -0.296 e. The van der Waals surface area contributed by atoms with Crippen LogP contribution >= 0.6 is 11.3 Å². The maximum absolute atomic E-state index is 11.1. The fourth-order valence-electron chi connectivity index (χ4n) is 1.82. The maximum Gasteiger partial charge on any atom is 0.213 e. The molecule has 2 aromatic heterocycles. The number of nitrogens with zero attached hydrogens (tertiary/aromatic N) is 3. The van der Waals surface area contributed by atoms with Gasteiger partial charge in [0.1, 0.15) is 10.7 Å². The van der Waals surface area contributed by atoms with Gasteiger partial charge >= 0.3 is 0 Å². The summed E-state index contributed by atoms with van der Waals surface area (Å²) in [5, 5.41) is 5.52. The molecule has 0 saturated carbocycles. The van der Waals surface area contributed by atoms with Crippen LogP contribution in [0.2, 0.25) is 0 Å². The van der Waals surface area contributed by atoms with E-state index in [-0.39, 0.29) is 0 Å². The minimum atomic E-state index is 0.570. The van der Waals surface area contributed by atoms with Crippen molar-refractivity contribution < 1.29 is 4.79 Å². The molecule has 0 spiro atoms. The summed E-state index contributed by atoms with van der Waals surface area (Å²) in [5.41, 5.74) is 1.49. The van der Waals surface area contributed by atoms with Crippen LogP contribution in [-0.4, -0.2) is 20.9 Å². The number of rotatable bonds is 5. The van der Waals surface area contributed by atoms with Crippen LogP contribution in [0.4, 0.5) is 0 Å². The van der Waals surface area contributed by atoms with Crippen LogP contribution in [-0.2, 0) is 12.8 Å². The van der Waals surface area contributed by atoms with Crippen LogP contribution in [0, 0.1) is 5.92 Å². The number of fused-ring (bicyclic) bond motifs is 1. The Morgan fingerprint density at radius 3 is 2.82 bits per heavy atom. The molecule has 17 heavy (non-hydrogen) atoms. The van der Waals surface area contributed by atoms with Gasteiger partial charge in [-0.25, -0.2) is 4.98 Å². The quantitative estimate of drug-likeness (QED) is 0.768. The molecule has 2 rings (SSSR count). The second-order valence-electron chi connectivity index (χ2n) is 4.60. The maximum atomic E-state index is 11.1. The molecule has 0 atom stereocenters. The van der Waals surface area contributed by atoms with E-state index in [2.05, 4.69) is 30.9 Å². The van der Waals surface area contributed by atoms with Gasteiger partial charge < -0.3 is 0 Å². The molecular formula is C12H17N3OS. The van der Waals surface area contributed by atoms with Crippen LogP contribution in [0.3, 0.4) is 0 Å². The number of imidazole rings is 1. The van der Waals surface area contributed by atoms with Crippen molar-refractivity contribution in [2.24, 2.45) is 5.92 Å². The van der Waals surface area contributed by atoms with Gasteiger partial charge in [-0.2, -0.15) is 9.61 Å². The first-order valence-corrected chi connectivity index (χ1v) is 6.79. The summed E-state index contributed by atoms with van der Waals surface area (Å²) in [7, 11) is 0. The Morgan fingerprint density at radius 2 is 2.24 bits per heavy atom. The lowest BCUT2D eigenvalue weighted by molar-refractivity contribution is 0.111. The Kier molecular flexibility index (Phi) is 3.57. The molecule has 0 unspecified atom stereocenters. The van der Waals surface area contributed by atoms with Crippen LogP contribution in [0.15, 0.2) is 0 Å². The smallest absolute Gasteiger partial charge is 0.213 e. The Balaban J connectivity index is 2.42. The van der Waals surface area contributed by atoms with Crippen molar-refractivity contribution in [2.75, 3.05) is 0 Å². The highest BCUT2D eigenvalue weighted by Gasteiger charge is 2.15. The molecule has 0 aliphatic carbocycles. The van der Waals surface area contributed by atoms with Crippen molar-refractivity contribution >= 4 is 22.6 Å². The van der Waals surface area contributed by atoms with E-state index in [1.54, 1.807) is 15.9 Å². The highest BCUT2D eigenvalue weighted by Crippen LogP contribution is 2.20. The summed E-state index contributed by atoms with van der Waals surface area (Å²) in [6.45, 7) is 6.40. The average Bonchev–Trinajstić information content (AvgIpc) is 2.73. The fraction of sp³-hybridized carbons (Fsp3) is 0.583. The van der Waals surface area contributed by atoms with E-state index in [1.807, 2.05) is 0 Å². The van der Waals surface area contributed by atoms with Crippen LogP contribution in [0.5, 0.6) is 0 Å². The molecule has 5 heteroatoms. The molecule has 4 nitrogen and oxygen atoms in total. The van der Waals surface area contributed by atoms with Crippen molar-refractivity contribution in [1.29, 1.82) is 0 Å². The molecule has 92 valence electrons. The van der Waals surface area contributed by atoms with Crippen molar-refractivity contribution in [3.8, 4) is 0 Å².